The second-order valence-electron chi connectivity index (χ2n) is 7.60. The number of rotatable bonds is 9. The molecule has 1 saturated heterocycles. The van der Waals surface area contributed by atoms with E-state index in [9.17, 15) is 22.4 Å². The fraction of sp³-hybridized carbons (Fsp3) is 0.526. The van der Waals surface area contributed by atoms with Crippen LogP contribution in [-0.4, -0.2) is 60.4 Å². The minimum absolute atomic E-state index is 0.0208. The van der Waals surface area contributed by atoms with Gasteiger partial charge in [-0.25, -0.2) is 4.39 Å². The Morgan fingerprint density at radius 2 is 2.00 bits per heavy atom. The number of anilines is 1. The summed E-state index contributed by atoms with van der Waals surface area (Å²) in [6, 6.07) is 3.98. The van der Waals surface area contributed by atoms with Gasteiger partial charge in [0.2, 0.25) is 5.89 Å². The Morgan fingerprint density at radius 1 is 1.24 bits per heavy atom. The van der Waals surface area contributed by atoms with Crippen molar-refractivity contribution in [3.63, 3.8) is 0 Å². The Hall–Kier alpha value is -2.64. The van der Waals surface area contributed by atoms with Crippen LogP contribution in [0.25, 0.3) is 0 Å². The van der Waals surface area contributed by atoms with Crippen LogP contribution in [-0.2, 0) is 20.9 Å². The van der Waals surface area contributed by atoms with Crippen molar-refractivity contribution >= 4 is 23.5 Å². The fourth-order valence-electron chi connectivity index (χ4n) is 3.27. The Bertz CT molecular complexity index is 979. The second-order valence-corrected chi connectivity index (χ2v) is 8.01. The number of carbonyl (C=O) groups is 1. The van der Waals surface area contributed by atoms with Crippen molar-refractivity contribution in [1.29, 1.82) is 0 Å². The Kier molecular flexibility index (Phi) is 6.91. The summed E-state index contributed by atoms with van der Waals surface area (Å²) in [6.07, 6.45) is -5.61. The molecule has 1 N–H and O–H groups in total. The van der Waals surface area contributed by atoms with E-state index in [0.717, 1.165) is 6.07 Å². The van der Waals surface area contributed by atoms with Gasteiger partial charge in [-0.3, -0.25) is 9.53 Å². The predicted molar refractivity (Wildman–Crippen MR) is 104 cm³/mol. The lowest BCUT2D eigenvalue weighted by Crippen LogP contribution is -2.60. The molecule has 1 aliphatic heterocycles. The summed E-state index contributed by atoms with van der Waals surface area (Å²) in [4.78, 5) is 13.7. The number of hydrogen-bond acceptors (Lipinski definition) is 8. The van der Waals surface area contributed by atoms with Gasteiger partial charge in [0.25, 0.3) is 5.91 Å². The van der Waals surface area contributed by atoms with Crippen LogP contribution in [0.15, 0.2) is 22.6 Å². The second kappa shape index (κ2) is 9.69. The van der Waals surface area contributed by atoms with Crippen molar-refractivity contribution in [3.8, 4) is 5.75 Å². The molecule has 2 heterocycles. The van der Waals surface area contributed by atoms with Crippen LogP contribution in [0.4, 0.5) is 23.6 Å². The molecule has 1 amide bonds. The van der Waals surface area contributed by atoms with Gasteiger partial charge in [-0.1, -0.05) is 16.7 Å². The van der Waals surface area contributed by atoms with Gasteiger partial charge < -0.3 is 24.1 Å². The number of nitrogens with one attached hydrogen (secondary N) is 1. The molecule has 4 rings (SSSR count). The molecule has 0 atom stereocenters. The number of carbonyl (C=O) groups excluding carboxylic acids is 1. The lowest BCUT2D eigenvalue weighted by Gasteiger charge is -2.38. The first-order valence-corrected chi connectivity index (χ1v) is 10.3. The maximum Gasteiger partial charge on any atom is 0.522 e. The summed E-state index contributed by atoms with van der Waals surface area (Å²) >= 11 is 5.59. The van der Waals surface area contributed by atoms with E-state index >= 15 is 0 Å². The van der Waals surface area contributed by atoms with Crippen molar-refractivity contribution in [3.05, 3.63) is 34.9 Å². The molecular weight excluding hydrogens is 476 g/mol. The Balaban J connectivity index is 1.12. The highest BCUT2D eigenvalue weighted by atomic mass is 35.5. The van der Waals surface area contributed by atoms with E-state index in [0.29, 0.717) is 13.1 Å². The molecule has 2 aliphatic rings. The number of hydrogen-bond donors (Lipinski definition) is 1. The lowest BCUT2D eigenvalue weighted by atomic mass is 9.92. The normalized spacial score (nSPS) is 20.8. The quantitative estimate of drug-likeness (QED) is 0.531. The Labute approximate surface area is 189 Å². The van der Waals surface area contributed by atoms with E-state index in [2.05, 4.69) is 20.3 Å². The van der Waals surface area contributed by atoms with Crippen molar-refractivity contribution in [2.75, 3.05) is 24.6 Å². The molecule has 2 aromatic rings. The van der Waals surface area contributed by atoms with Gasteiger partial charge in [-0.05, 0) is 12.1 Å². The third-order valence-electron chi connectivity index (χ3n) is 5.03. The monoisotopic (exact) mass is 494 g/mol. The van der Waals surface area contributed by atoms with E-state index in [4.69, 9.17) is 25.5 Å². The zero-order chi connectivity index (χ0) is 23.6. The zero-order valence-corrected chi connectivity index (χ0v) is 17.7. The van der Waals surface area contributed by atoms with Gasteiger partial charge in [-0.15, -0.1) is 18.3 Å². The minimum Gasteiger partial charge on any atom is -0.484 e. The summed E-state index contributed by atoms with van der Waals surface area (Å²) in [7, 11) is 0. The summed E-state index contributed by atoms with van der Waals surface area (Å²) in [5, 5.41) is 10.5. The molecule has 0 unspecified atom stereocenters. The molecule has 2 fully saturated rings. The van der Waals surface area contributed by atoms with Gasteiger partial charge in [0.1, 0.15) is 18.2 Å². The van der Waals surface area contributed by atoms with Gasteiger partial charge in [-0.2, -0.15) is 0 Å². The van der Waals surface area contributed by atoms with E-state index in [1.807, 2.05) is 0 Å². The van der Waals surface area contributed by atoms with Crippen LogP contribution >= 0.6 is 11.6 Å². The van der Waals surface area contributed by atoms with E-state index in [1.165, 1.54) is 12.1 Å². The first-order valence-electron chi connectivity index (χ1n) is 9.95. The van der Waals surface area contributed by atoms with Crippen LogP contribution in [0.2, 0.25) is 5.02 Å². The molecule has 180 valence electrons. The molecule has 0 spiro atoms. The van der Waals surface area contributed by atoms with Crippen molar-refractivity contribution < 1.29 is 41.0 Å². The molecule has 9 nitrogen and oxygen atoms in total. The molecule has 0 bridgehead atoms. The standard InChI is InChI=1S/C19H19ClF4N4O5/c20-14-2-1-11(5-15(14)21)30-8-16(29)25-10-6-28(7-10)18-27-26-17(32-18)9-31-12-3-13(4-12)33-19(22,23)24/h1-2,5,10,12-13H,3-4,6-9H2,(H,25,29). The average Bonchev–Trinajstić information content (AvgIpc) is 3.14. The molecule has 1 aromatic heterocycles. The molecule has 33 heavy (non-hydrogen) atoms. The molecule has 0 radical (unpaired) electrons. The number of ether oxygens (including phenoxy) is 3. The maximum atomic E-state index is 13.4. The van der Waals surface area contributed by atoms with Crippen LogP contribution in [0.1, 0.15) is 18.7 Å². The van der Waals surface area contributed by atoms with Crippen LogP contribution in [0, 0.1) is 5.82 Å². The summed E-state index contributed by atoms with van der Waals surface area (Å²) in [6.45, 7) is 0.564. The topological polar surface area (TPSA) is 99.0 Å². The summed E-state index contributed by atoms with van der Waals surface area (Å²) in [5.74, 6) is -0.627. The molecule has 1 aromatic carbocycles. The molecular formula is C19H19ClF4N4O5. The first-order chi connectivity index (χ1) is 15.6. The number of amides is 1. The van der Waals surface area contributed by atoms with Crippen molar-refractivity contribution in [2.24, 2.45) is 0 Å². The van der Waals surface area contributed by atoms with E-state index in [-0.39, 0.29) is 66.8 Å². The third-order valence-corrected chi connectivity index (χ3v) is 5.34. The van der Waals surface area contributed by atoms with Gasteiger partial charge in [0.05, 0.1) is 23.3 Å². The highest BCUT2D eigenvalue weighted by Crippen LogP contribution is 2.32. The van der Waals surface area contributed by atoms with Gasteiger partial charge in [0.15, 0.2) is 6.61 Å². The summed E-state index contributed by atoms with van der Waals surface area (Å²) in [5.41, 5.74) is 0. The third kappa shape index (κ3) is 6.45. The fourth-order valence-corrected chi connectivity index (χ4v) is 3.39. The number of nitrogens with zero attached hydrogens (tertiary/aromatic N) is 3. The maximum absolute atomic E-state index is 13.4. The molecule has 14 heteroatoms. The lowest BCUT2D eigenvalue weighted by molar-refractivity contribution is -0.357. The van der Waals surface area contributed by atoms with E-state index in [1.54, 1.807) is 4.90 Å². The largest absolute Gasteiger partial charge is 0.522 e. The highest BCUT2D eigenvalue weighted by molar-refractivity contribution is 6.30. The van der Waals surface area contributed by atoms with Crippen LogP contribution in [0.3, 0.4) is 0 Å². The summed E-state index contributed by atoms with van der Waals surface area (Å²) < 4.78 is 69.8. The SMILES string of the molecule is O=C(COc1ccc(Cl)c(F)c1)NC1CN(c2nnc(COC3CC(OC(F)(F)F)C3)o2)C1. The van der Waals surface area contributed by atoms with E-state index < -0.39 is 18.3 Å². The van der Waals surface area contributed by atoms with Crippen LogP contribution < -0.4 is 15.0 Å². The number of benzene rings is 1. The highest BCUT2D eigenvalue weighted by Gasteiger charge is 2.40. The average molecular weight is 495 g/mol. The smallest absolute Gasteiger partial charge is 0.484 e. The van der Waals surface area contributed by atoms with Crippen molar-refractivity contribution in [2.45, 2.75) is 44.1 Å². The number of alkyl halides is 3. The number of halogens is 5. The molecule has 1 saturated carbocycles. The van der Waals surface area contributed by atoms with Crippen LogP contribution in [0.5, 0.6) is 5.75 Å². The number of aromatic nitrogens is 2. The predicted octanol–water partition coefficient (Wildman–Crippen LogP) is 2.83. The Morgan fingerprint density at radius 3 is 2.70 bits per heavy atom. The molecule has 1 aliphatic carbocycles. The van der Waals surface area contributed by atoms with Gasteiger partial charge >= 0.3 is 12.4 Å². The van der Waals surface area contributed by atoms with Crippen molar-refractivity contribution in [1.82, 2.24) is 15.5 Å². The zero-order valence-electron chi connectivity index (χ0n) is 17.0. The van der Waals surface area contributed by atoms with Gasteiger partial charge in [0, 0.05) is 32.0 Å². The first kappa shape index (κ1) is 23.5. The minimum atomic E-state index is -4.64.